The van der Waals surface area contributed by atoms with E-state index in [-0.39, 0.29) is 5.82 Å². The lowest BCUT2D eigenvalue weighted by molar-refractivity contribution is 0.624. The highest BCUT2D eigenvalue weighted by Gasteiger charge is 1.92. The SMILES string of the molecule is Fc1ccc(CNCCCS)cc1. The Morgan fingerprint density at radius 2 is 1.92 bits per heavy atom. The van der Waals surface area contributed by atoms with Gasteiger partial charge in [-0.1, -0.05) is 12.1 Å². The largest absolute Gasteiger partial charge is 0.313 e. The Labute approximate surface area is 83.8 Å². The molecule has 0 unspecified atom stereocenters. The molecule has 0 radical (unpaired) electrons. The summed E-state index contributed by atoms with van der Waals surface area (Å²) in [5, 5.41) is 3.25. The van der Waals surface area contributed by atoms with Crippen LogP contribution in [0.25, 0.3) is 0 Å². The zero-order valence-corrected chi connectivity index (χ0v) is 8.36. The average Bonchev–Trinajstić information content (AvgIpc) is 2.15. The summed E-state index contributed by atoms with van der Waals surface area (Å²) < 4.78 is 12.5. The first-order valence-electron chi connectivity index (χ1n) is 4.39. The van der Waals surface area contributed by atoms with E-state index in [2.05, 4.69) is 17.9 Å². The first kappa shape index (κ1) is 10.5. The van der Waals surface area contributed by atoms with Crippen molar-refractivity contribution < 1.29 is 4.39 Å². The maximum absolute atomic E-state index is 12.5. The quantitative estimate of drug-likeness (QED) is 0.547. The van der Waals surface area contributed by atoms with Crippen molar-refractivity contribution >= 4 is 12.6 Å². The molecular weight excluding hydrogens is 185 g/mol. The molecule has 0 spiro atoms. The lowest BCUT2D eigenvalue weighted by Gasteiger charge is -2.03. The molecule has 0 fully saturated rings. The Balaban J connectivity index is 2.25. The van der Waals surface area contributed by atoms with Crippen molar-refractivity contribution in [1.29, 1.82) is 0 Å². The minimum absolute atomic E-state index is 0.181. The highest BCUT2D eigenvalue weighted by molar-refractivity contribution is 7.80. The van der Waals surface area contributed by atoms with Crippen LogP contribution in [-0.4, -0.2) is 12.3 Å². The third kappa shape index (κ3) is 4.29. The lowest BCUT2D eigenvalue weighted by Crippen LogP contribution is -2.14. The van der Waals surface area contributed by atoms with Crippen LogP contribution >= 0.6 is 12.6 Å². The summed E-state index contributed by atoms with van der Waals surface area (Å²) in [4.78, 5) is 0. The van der Waals surface area contributed by atoms with Crippen LogP contribution in [0.15, 0.2) is 24.3 Å². The van der Waals surface area contributed by atoms with Crippen LogP contribution < -0.4 is 5.32 Å². The van der Waals surface area contributed by atoms with E-state index in [0.717, 1.165) is 30.8 Å². The number of benzene rings is 1. The molecule has 3 heteroatoms. The van der Waals surface area contributed by atoms with Gasteiger partial charge >= 0.3 is 0 Å². The zero-order chi connectivity index (χ0) is 9.52. The van der Waals surface area contributed by atoms with Gasteiger partial charge in [0.1, 0.15) is 5.82 Å². The summed E-state index contributed by atoms with van der Waals surface area (Å²) in [5.74, 6) is 0.718. The fourth-order valence-corrected chi connectivity index (χ4v) is 1.20. The van der Waals surface area contributed by atoms with Gasteiger partial charge in [-0.3, -0.25) is 0 Å². The summed E-state index contributed by atoms with van der Waals surface area (Å²) in [5.41, 5.74) is 1.11. The van der Waals surface area contributed by atoms with Crippen LogP contribution in [-0.2, 0) is 6.54 Å². The van der Waals surface area contributed by atoms with Crippen LogP contribution in [0.5, 0.6) is 0 Å². The Kier molecular flexibility index (Phi) is 4.86. The van der Waals surface area contributed by atoms with Gasteiger partial charge in [-0.2, -0.15) is 12.6 Å². The van der Waals surface area contributed by atoms with E-state index in [1.807, 2.05) is 0 Å². The zero-order valence-electron chi connectivity index (χ0n) is 7.46. The Morgan fingerprint density at radius 1 is 1.23 bits per heavy atom. The number of rotatable bonds is 5. The first-order chi connectivity index (χ1) is 6.33. The van der Waals surface area contributed by atoms with E-state index in [1.165, 1.54) is 12.1 Å². The summed E-state index contributed by atoms with van der Waals surface area (Å²) in [7, 11) is 0. The van der Waals surface area contributed by atoms with Gasteiger partial charge in [-0.25, -0.2) is 4.39 Å². The third-order valence-electron chi connectivity index (χ3n) is 1.75. The molecule has 0 saturated carbocycles. The molecule has 0 amide bonds. The molecule has 72 valence electrons. The van der Waals surface area contributed by atoms with Crippen molar-refractivity contribution in [2.24, 2.45) is 0 Å². The predicted octanol–water partition coefficient (Wildman–Crippen LogP) is 2.24. The predicted molar refractivity (Wildman–Crippen MR) is 56.6 cm³/mol. The molecule has 1 rings (SSSR count). The van der Waals surface area contributed by atoms with E-state index in [9.17, 15) is 4.39 Å². The van der Waals surface area contributed by atoms with E-state index in [0.29, 0.717) is 0 Å². The summed E-state index contributed by atoms with van der Waals surface area (Å²) in [6.45, 7) is 1.76. The molecule has 0 saturated heterocycles. The van der Waals surface area contributed by atoms with Gasteiger partial charge in [-0.15, -0.1) is 0 Å². The topological polar surface area (TPSA) is 12.0 Å². The highest BCUT2D eigenvalue weighted by atomic mass is 32.1. The molecule has 0 heterocycles. The molecule has 0 bridgehead atoms. The number of halogens is 1. The average molecular weight is 199 g/mol. The standard InChI is InChI=1S/C10H14FNS/c11-10-4-2-9(3-5-10)8-12-6-1-7-13/h2-5,12-13H,1,6-8H2. The molecule has 1 nitrogen and oxygen atoms in total. The fraction of sp³-hybridized carbons (Fsp3) is 0.400. The summed E-state index contributed by atoms with van der Waals surface area (Å²) in [6.07, 6.45) is 1.06. The fourth-order valence-electron chi connectivity index (χ4n) is 1.04. The number of nitrogens with one attached hydrogen (secondary N) is 1. The molecular formula is C10H14FNS. The first-order valence-corrected chi connectivity index (χ1v) is 5.02. The van der Waals surface area contributed by atoms with Crippen molar-refractivity contribution in [3.63, 3.8) is 0 Å². The van der Waals surface area contributed by atoms with Gasteiger partial charge < -0.3 is 5.32 Å². The van der Waals surface area contributed by atoms with Crippen LogP contribution in [0.3, 0.4) is 0 Å². The van der Waals surface area contributed by atoms with Gasteiger partial charge in [0.05, 0.1) is 0 Å². The molecule has 1 aromatic rings. The minimum atomic E-state index is -0.181. The van der Waals surface area contributed by atoms with Gasteiger partial charge in [0.15, 0.2) is 0 Å². The van der Waals surface area contributed by atoms with Crippen LogP contribution in [0.2, 0.25) is 0 Å². The smallest absolute Gasteiger partial charge is 0.123 e. The molecule has 0 aromatic heterocycles. The maximum atomic E-state index is 12.5. The molecule has 0 atom stereocenters. The van der Waals surface area contributed by atoms with Crippen LogP contribution in [0, 0.1) is 5.82 Å². The number of hydrogen-bond donors (Lipinski definition) is 2. The van der Waals surface area contributed by atoms with Crippen molar-refractivity contribution in [2.45, 2.75) is 13.0 Å². The number of thiol groups is 1. The van der Waals surface area contributed by atoms with Crippen molar-refractivity contribution in [3.8, 4) is 0 Å². The minimum Gasteiger partial charge on any atom is -0.313 e. The maximum Gasteiger partial charge on any atom is 0.123 e. The van der Waals surface area contributed by atoms with E-state index in [4.69, 9.17) is 0 Å². The van der Waals surface area contributed by atoms with Gasteiger partial charge in [0.25, 0.3) is 0 Å². The lowest BCUT2D eigenvalue weighted by atomic mass is 10.2. The van der Waals surface area contributed by atoms with Crippen LogP contribution in [0.4, 0.5) is 4.39 Å². The molecule has 0 aliphatic heterocycles. The Morgan fingerprint density at radius 3 is 2.54 bits per heavy atom. The van der Waals surface area contributed by atoms with Crippen molar-refractivity contribution in [1.82, 2.24) is 5.32 Å². The Hall–Kier alpha value is -0.540. The molecule has 13 heavy (non-hydrogen) atoms. The van der Waals surface area contributed by atoms with Crippen LogP contribution in [0.1, 0.15) is 12.0 Å². The monoisotopic (exact) mass is 199 g/mol. The normalized spacial score (nSPS) is 10.3. The van der Waals surface area contributed by atoms with Crippen molar-refractivity contribution in [3.05, 3.63) is 35.6 Å². The second-order valence-corrected chi connectivity index (χ2v) is 3.33. The second-order valence-electron chi connectivity index (χ2n) is 2.88. The third-order valence-corrected chi connectivity index (χ3v) is 2.07. The molecule has 1 N–H and O–H groups in total. The second kappa shape index (κ2) is 6.00. The van der Waals surface area contributed by atoms with E-state index >= 15 is 0 Å². The molecule has 0 aliphatic carbocycles. The van der Waals surface area contributed by atoms with E-state index < -0.39 is 0 Å². The van der Waals surface area contributed by atoms with Crippen molar-refractivity contribution in [2.75, 3.05) is 12.3 Å². The summed E-state index contributed by atoms with van der Waals surface area (Å²) >= 11 is 4.10. The molecule has 0 aliphatic rings. The van der Waals surface area contributed by atoms with Gasteiger partial charge in [0.2, 0.25) is 0 Å². The van der Waals surface area contributed by atoms with Gasteiger partial charge in [-0.05, 0) is 36.4 Å². The molecule has 1 aromatic carbocycles. The van der Waals surface area contributed by atoms with E-state index in [1.54, 1.807) is 12.1 Å². The highest BCUT2D eigenvalue weighted by Crippen LogP contribution is 2.01. The summed E-state index contributed by atoms with van der Waals surface area (Å²) in [6, 6.07) is 6.55. The van der Waals surface area contributed by atoms with Gasteiger partial charge in [0, 0.05) is 6.54 Å². The Bertz CT molecular complexity index is 235. The number of hydrogen-bond acceptors (Lipinski definition) is 2.